The summed E-state index contributed by atoms with van der Waals surface area (Å²) in [6, 6.07) is 8.55. The molecule has 7 heteroatoms. The largest absolute Gasteiger partial charge is 0.493 e. The lowest BCUT2D eigenvalue weighted by Crippen LogP contribution is -2.31. The van der Waals surface area contributed by atoms with Crippen LogP contribution >= 0.6 is 0 Å². The number of aromatic nitrogens is 2. The van der Waals surface area contributed by atoms with E-state index in [4.69, 9.17) is 9.47 Å². The van der Waals surface area contributed by atoms with Crippen molar-refractivity contribution in [3.63, 3.8) is 0 Å². The fourth-order valence-electron chi connectivity index (χ4n) is 2.10. The highest BCUT2D eigenvalue weighted by atomic mass is 16.5. The van der Waals surface area contributed by atoms with Crippen molar-refractivity contribution in [1.82, 2.24) is 15.1 Å². The van der Waals surface area contributed by atoms with E-state index in [0.29, 0.717) is 31.0 Å². The van der Waals surface area contributed by atoms with Crippen molar-refractivity contribution in [3.05, 3.63) is 52.4 Å². The summed E-state index contributed by atoms with van der Waals surface area (Å²) in [6.45, 7) is 2.75. The number of nitrogens with one attached hydrogen (secondary N) is 1. The molecule has 0 radical (unpaired) electrons. The normalized spacial score (nSPS) is 10.2. The maximum Gasteiger partial charge on any atom is 0.266 e. The molecule has 1 aromatic carbocycles. The number of ether oxygens (including phenoxy) is 2. The molecule has 24 heavy (non-hydrogen) atoms. The van der Waals surface area contributed by atoms with E-state index in [1.165, 1.54) is 10.7 Å². The molecule has 0 bridgehead atoms. The number of nitrogens with zero attached hydrogens (tertiary/aromatic N) is 2. The SMILES string of the molecule is COc1cc(C)ccc1OCC(=O)NCCCn1ncccc1=O. The first kappa shape index (κ1) is 17.5. The van der Waals surface area contributed by atoms with Gasteiger partial charge in [0.05, 0.1) is 7.11 Å². The average molecular weight is 331 g/mol. The Morgan fingerprint density at radius 3 is 2.88 bits per heavy atom. The van der Waals surface area contributed by atoms with Crippen LogP contribution in [0.2, 0.25) is 0 Å². The highest BCUT2D eigenvalue weighted by Crippen LogP contribution is 2.27. The van der Waals surface area contributed by atoms with Crippen LogP contribution in [0.4, 0.5) is 0 Å². The lowest BCUT2D eigenvalue weighted by atomic mass is 10.2. The van der Waals surface area contributed by atoms with Crippen LogP contribution < -0.4 is 20.3 Å². The summed E-state index contributed by atoms with van der Waals surface area (Å²) >= 11 is 0. The number of methoxy groups -OCH3 is 1. The fourth-order valence-corrected chi connectivity index (χ4v) is 2.10. The molecule has 1 amide bonds. The summed E-state index contributed by atoms with van der Waals surface area (Å²) < 4.78 is 12.1. The third-order valence-electron chi connectivity index (χ3n) is 3.33. The Morgan fingerprint density at radius 2 is 2.12 bits per heavy atom. The molecule has 0 saturated heterocycles. The predicted molar refractivity (Wildman–Crippen MR) is 89.3 cm³/mol. The molecule has 0 fully saturated rings. The van der Waals surface area contributed by atoms with Gasteiger partial charge in [-0.1, -0.05) is 6.07 Å². The van der Waals surface area contributed by atoms with Crippen molar-refractivity contribution in [2.24, 2.45) is 0 Å². The Morgan fingerprint density at radius 1 is 1.29 bits per heavy atom. The first-order chi connectivity index (χ1) is 11.6. The molecule has 0 aliphatic heterocycles. The topological polar surface area (TPSA) is 82.4 Å². The third kappa shape index (κ3) is 5.12. The van der Waals surface area contributed by atoms with Gasteiger partial charge in [-0.2, -0.15) is 5.10 Å². The number of benzene rings is 1. The molecule has 0 aliphatic carbocycles. The minimum absolute atomic E-state index is 0.0943. The van der Waals surface area contributed by atoms with E-state index in [2.05, 4.69) is 10.4 Å². The van der Waals surface area contributed by atoms with E-state index in [-0.39, 0.29) is 18.1 Å². The molecule has 1 aromatic heterocycles. The van der Waals surface area contributed by atoms with Crippen molar-refractivity contribution in [2.75, 3.05) is 20.3 Å². The molecule has 1 N–H and O–H groups in total. The van der Waals surface area contributed by atoms with Crippen molar-refractivity contribution >= 4 is 5.91 Å². The summed E-state index contributed by atoms with van der Waals surface area (Å²) in [7, 11) is 1.56. The second-order valence-corrected chi connectivity index (χ2v) is 5.23. The Hall–Kier alpha value is -2.83. The summed E-state index contributed by atoms with van der Waals surface area (Å²) in [5.41, 5.74) is 0.895. The lowest BCUT2D eigenvalue weighted by molar-refractivity contribution is -0.123. The van der Waals surface area contributed by atoms with Crippen molar-refractivity contribution in [2.45, 2.75) is 19.9 Å². The van der Waals surface area contributed by atoms with Crippen LogP contribution in [0.15, 0.2) is 41.3 Å². The molecule has 0 aliphatic rings. The van der Waals surface area contributed by atoms with Gasteiger partial charge in [0.25, 0.3) is 11.5 Å². The first-order valence-electron chi connectivity index (χ1n) is 7.66. The van der Waals surface area contributed by atoms with Gasteiger partial charge in [-0.3, -0.25) is 9.59 Å². The zero-order valence-electron chi connectivity index (χ0n) is 13.8. The molecule has 2 rings (SSSR count). The second-order valence-electron chi connectivity index (χ2n) is 5.23. The van der Waals surface area contributed by atoms with E-state index < -0.39 is 0 Å². The Balaban J connectivity index is 1.72. The molecule has 0 spiro atoms. The van der Waals surface area contributed by atoms with Gasteiger partial charge in [-0.25, -0.2) is 4.68 Å². The number of amides is 1. The minimum Gasteiger partial charge on any atom is -0.493 e. The van der Waals surface area contributed by atoms with Crippen LogP contribution in [0.3, 0.4) is 0 Å². The Kier molecular flexibility index (Phi) is 6.36. The molecule has 1 heterocycles. The highest BCUT2D eigenvalue weighted by Gasteiger charge is 2.07. The first-order valence-corrected chi connectivity index (χ1v) is 7.66. The quantitative estimate of drug-likeness (QED) is 0.734. The monoisotopic (exact) mass is 331 g/mol. The van der Waals surface area contributed by atoms with Crippen molar-refractivity contribution in [3.8, 4) is 11.5 Å². The second kappa shape index (κ2) is 8.71. The van der Waals surface area contributed by atoms with Gasteiger partial charge in [0.1, 0.15) is 0 Å². The standard InChI is InChI=1S/C17H21N3O4/c1-13-6-7-14(15(11-13)23-2)24-12-16(21)18-8-4-10-20-17(22)5-3-9-19-20/h3,5-7,9,11H,4,8,10,12H2,1-2H3,(H,18,21). The zero-order valence-corrected chi connectivity index (χ0v) is 13.8. The van der Waals surface area contributed by atoms with Crippen LogP contribution in [-0.4, -0.2) is 35.9 Å². The molecule has 7 nitrogen and oxygen atoms in total. The molecule has 0 unspecified atom stereocenters. The van der Waals surface area contributed by atoms with Crippen molar-refractivity contribution in [1.29, 1.82) is 0 Å². The summed E-state index contributed by atoms with van der Waals surface area (Å²) in [5, 5.41) is 6.69. The van der Waals surface area contributed by atoms with Crippen LogP contribution in [0.5, 0.6) is 11.5 Å². The summed E-state index contributed by atoms with van der Waals surface area (Å²) in [5.74, 6) is 0.890. The van der Waals surface area contributed by atoms with Gasteiger partial charge in [0, 0.05) is 25.4 Å². The maximum atomic E-state index is 11.8. The van der Waals surface area contributed by atoms with E-state index in [1.807, 2.05) is 19.1 Å². The number of hydrogen-bond donors (Lipinski definition) is 1. The van der Waals surface area contributed by atoms with E-state index >= 15 is 0 Å². The lowest BCUT2D eigenvalue weighted by Gasteiger charge is -2.11. The fraction of sp³-hybridized carbons (Fsp3) is 0.353. The summed E-state index contributed by atoms with van der Waals surface area (Å²) in [6.07, 6.45) is 2.17. The van der Waals surface area contributed by atoms with E-state index in [9.17, 15) is 9.59 Å². The van der Waals surface area contributed by atoms with Gasteiger partial charge < -0.3 is 14.8 Å². The number of aryl methyl sites for hydroxylation is 2. The molecule has 0 saturated carbocycles. The molecular weight excluding hydrogens is 310 g/mol. The number of carbonyl (C=O) groups is 1. The Bertz CT molecular complexity index is 743. The van der Waals surface area contributed by atoms with E-state index in [1.54, 1.807) is 25.4 Å². The Labute approximate surface area is 140 Å². The molecule has 2 aromatic rings. The van der Waals surface area contributed by atoms with Gasteiger partial charge >= 0.3 is 0 Å². The highest BCUT2D eigenvalue weighted by molar-refractivity contribution is 5.77. The average Bonchev–Trinajstić information content (AvgIpc) is 2.59. The van der Waals surface area contributed by atoms with Gasteiger partial charge in [0.2, 0.25) is 0 Å². The zero-order chi connectivity index (χ0) is 17.4. The predicted octanol–water partition coefficient (Wildman–Crippen LogP) is 1.15. The van der Waals surface area contributed by atoms with Crippen molar-refractivity contribution < 1.29 is 14.3 Å². The number of rotatable bonds is 8. The maximum absolute atomic E-state index is 11.8. The van der Waals surface area contributed by atoms with E-state index in [0.717, 1.165) is 5.56 Å². The van der Waals surface area contributed by atoms with Crippen LogP contribution in [0.1, 0.15) is 12.0 Å². The molecular formula is C17H21N3O4. The van der Waals surface area contributed by atoms with Gasteiger partial charge in [-0.05, 0) is 37.1 Å². The number of hydrogen-bond acceptors (Lipinski definition) is 5. The van der Waals surface area contributed by atoms with Gasteiger partial charge in [0.15, 0.2) is 18.1 Å². The third-order valence-corrected chi connectivity index (χ3v) is 3.33. The summed E-state index contributed by atoms with van der Waals surface area (Å²) in [4.78, 5) is 23.3. The number of carbonyl (C=O) groups excluding carboxylic acids is 1. The molecule has 0 atom stereocenters. The molecule has 128 valence electrons. The smallest absolute Gasteiger partial charge is 0.266 e. The van der Waals surface area contributed by atoms with Crippen LogP contribution in [-0.2, 0) is 11.3 Å². The van der Waals surface area contributed by atoms with Gasteiger partial charge in [-0.15, -0.1) is 0 Å². The minimum atomic E-state index is -0.231. The van der Waals surface area contributed by atoms with Crippen LogP contribution in [0.25, 0.3) is 0 Å². The van der Waals surface area contributed by atoms with Crippen LogP contribution in [0, 0.1) is 6.92 Å².